The standard InChI is InChI=1S/C14H14N2O3/c17-8-14(6-7-14)16-12-5-4-9-10(13(18)19)2-1-3-11(9)15-12/h1-5,17H,6-8H2,(H,15,16)(H,18,19). The van der Waals surface area contributed by atoms with E-state index in [0.29, 0.717) is 16.7 Å². The monoisotopic (exact) mass is 258 g/mol. The first-order valence-corrected chi connectivity index (χ1v) is 6.16. The Morgan fingerprint density at radius 3 is 2.74 bits per heavy atom. The summed E-state index contributed by atoms with van der Waals surface area (Å²) < 4.78 is 0. The van der Waals surface area contributed by atoms with Gasteiger partial charge in [-0.2, -0.15) is 0 Å². The SMILES string of the molecule is O=C(O)c1cccc2nc(NC3(CO)CC3)ccc12. The average Bonchev–Trinajstić information content (AvgIpc) is 3.18. The molecule has 1 aliphatic carbocycles. The first-order chi connectivity index (χ1) is 9.13. The molecule has 1 saturated carbocycles. The number of carbonyl (C=O) groups is 1. The van der Waals surface area contributed by atoms with E-state index in [0.717, 1.165) is 12.8 Å². The van der Waals surface area contributed by atoms with Gasteiger partial charge in [-0.1, -0.05) is 6.07 Å². The third kappa shape index (κ3) is 2.13. The van der Waals surface area contributed by atoms with Crippen molar-refractivity contribution in [2.24, 2.45) is 0 Å². The van der Waals surface area contributed by atoms with Gasteiger partial charge in [0.25, 0.3) is 0 Å². The first-order valence-electron chi connectivity index (χ1n) is 6.16. The van der Waals surface area contributed by atoms with Crippen LogP contribution in [-0.2, 0) is 0 Å². The fourth-order valence-electron chi connectivity index (χ4n) is 2.16. The van der Waals surface area contributed by atoms with Crippen LogP contribution in [0.25, 0.3) is 10.9 Å². The Kier molecular flexibility index (Phi) is 2.64. The fourth-order valence-corrected chi connectivity index (χ4v) is 2.16. The Balaban J connectivity index is 2.00. The molecule has 1 aliphatic rings. The van der Waals surface area contributed by atoms with Crippen molar-refractivity contribution in [2.45, 2.75) is 18.4 Å². The van der Waals surface area contributed by atoms with Crippen molar-refractivity contribution in [1.82, 2.24) is 4.98 Å². The van der Waals surface area contributed by atoms with Gasteiger partial charge in [0.05, 0.1) is 23.2 Å². The number of pyridine rings is 1. The van der Waals surface area contributed by atoms with Crippen LogP contribution >= 0.6 is 0 Å². The number of benzene rings is 1. The summed E-state index contributed by atoms with van der Waals surface area (Å²) >= 11 is 0. The maximum atomic E-state index is 11.1. The highest BCUT2D eigenvalue weighted by molar-refractivity contribution is 6.02. The van der Waals surface area contributed by atoms with Crippen LogP contribution in [0, 0.1) is 0 Å². The van der Waals surface area contributed by atoms with E-state index in [1.165, 1.54) is 0 Å². The summed E-state index contributed by atoms with van der Waals surface area (Å²) in [6.07, 6.45) is 1.86. The van der Waals surface area contributed by atoms with Crippen LogP contribution in [0.15, 0.2) is 30.3 Å². The van der Waals surface area contributed by atoms with Crippen molar-refractivity contribution in [1.29, 1.82) is 0 Å². The molecular formula is C14H14N2O3. The second kappa shape index (κ2) is 4.20. The molecule has 0 atom stereocenters. The zero-order chi connectivity index (χ0) is 13.5. The number of aromatic nitrogens is 1. The minimum atomic E-state index is -0.956. The minimum absolute atomic E-state index is 0.0852. The van der Waals surface area contributed by atoms with Crippen molar-refractivity contribution >= 4 is 22.7 Å². The van der Waals surface area contributed by atoms with Crippen LogP contribution in [0.3, 0.4) is 0 Å². The molecule has 0 amide bonds. The van der Waals surface area contributed by atoms with Crippen molar-refractivity contribution in [3.8, 4) is 0 Å². The van der Waals surface area contributed by atoms with E-state index in [9.17, 15) is 9.90 Å². The van der Waals surface area contributed by atoms with Crippen molar-refractivity contribution < 1.29 is 15.0 Å². The van der Waals surface area contributed by atoms with Crippen LogP contribution in [0.4, 0.5) is 5.82 Å². The molecule has 2 aromatic rings. The fraction of sp³-hybridized carbons (Fsp3) is 0.286. The third-order valence-corrected chi connectivity index (χ3v) is 3.51. The molecule has 19 heavy (non-hydrogen) atoms. The number of carboxylic acid groups (broad SMARTS) is 1. The number of anilines is 1. The predicted molar refractivity (Wildman–Crippen MR) is 71.4 cm³/mol. The van der Waals surface area contributed by atoms with E-state index in [2.05, 4.69) is 10.3 Å². The topological polar surface area (TPSA) is 82.5 Å². The molecule has 5 nitrogen and oxygen atoms in total. The Morgan fingerprint density at radius 1 is 1.32 bits per heavy atom. The van der Waals surface area contributed by atoms with Gasteiger partial charge < -0.3 is 15.5 Å². The second-order valence-corrected chi connectivity index (χ2v) is 4.94. The molecular weight excluding hydrogens is 244 g/mol. The molecule has 0 spiro atoms. The smallest absolute Gasteiger partial charge is 0.336 e. The molecule has 3 N–H and O–H groups in total. The lowest BCUT2D eigenvalue weighted by Crippen LogP contribution is -2.26. The lowest BCUT2D eigenvalue weighted by atomic mass is 10.1. The van der Waals surface area contributed by atoms with Gasteiger partial charge in [0, 0.05) is 5.39 Å². The maximum absolute atomic E-state index is 11.1. The quantitative estimate of drug-likeness (QED) is 0.779. The summed E-state index contributed by atoms with van der Waals surface area (Å²) in [5, 5.41) is 22.2. The van der Waals surface area contributed by atoms with Crippen LogP contribution in [0.1, 0.15) is 23.2 Å². The zero-order valence-corrected chi connectivity index (χ0v) is 10.3. The number of aliphatic hydroxyl groups excluding tert-OH is 1. The van der Waals surface area contributed by atoms with Crippen LogP contribution in [-0.4, -0.2) is 33.3 Å². The molecule has 1 fully saturated rings. The highest BCUT2D eigenvalue weighted by Crippen LogP contribution is 2.38. The molecule has 0 saturated heterocycles. The van der Waals surface area contributed by atoms with E-state index >= 15 is 0 Å². The Hall–Kier alpha value is -2.14. The molecule has 1 aromatic heterocycles. The Morgan fingerprint density at radius 2 is 2.11 bits per heavy atom. The summed E-state index contributed by atoms with van der Waals surface area (Å²) in [5.41, 5.74) is 0.656. The summed E-state index contributed by atoms with van der Waals surface area (Å²) in [6.45, 7) is 0.0852. The van der Waals surface area contributed by atoms with Crippen LogP contribution in [0.2, 0.25) is 0 Å². The lowest BCUT2D eigenvalue weighted by molar-refractivity contribution is 0.0699. The highest BCUT2D eigenvalue weighted by atomic mass is 16.4. The van der Waals surface area contributed by atoms with E-state index in [-0.39, 0.29) is 17.7 Å². The Labute approximate surface area is 109 Å². The molecule has 98 valence electrons. The van der Waals surface area contributed by atoms with E-state index in [1.54, 1.807) is 30.3 Å². The molecule has 0 bridgehead atoms. The maximum Gasteiger partial charge on any atom is 0.336 e. The molecule has 5 heteroatoms. The number of hydrogen-bond donors (Lipinski definition) is 3. The van der Waals surface area contributed by atoms with Gasteiger partial charge in [0.1, 0.15) is 5.82 Å². The minimum Gasteiger partial charge on any atom is -0.478 e. The number of nitrogens with one attached hydrogen (secondary N) is 1. The molecule has 0 radical (unpaired) electrons. The summed E-state index contributed by atoms with van der Waals surface area (Å²) in [7, 11) is 0. The number of nitrogens with zero attached hydrogens (tertiary/aromatic N) is 1. The van der Waals surface area contributed by atoms with Gasteiger partial charge in [-0.05, 0) is 37.1 Å². The number of fused-ring (bicyclic) bond motifs is 1. The average molecular weight is 258 g/mol. The first kappa shape index (κ1) is 11.9. The van der Waals surface area contributed by atoms with E-state index in [4.69, 9.17) is 5.11 Å². The molecule has 1 heterocycles. The Bertz CT molecular complexity index is 650. The molecule has 0 aliphatic heterocycles. The van der Waals surface area contributed by atoms with Crippen LogP contribution < -0.4 is 5.32 Å². The predicted octanol–water partition coefficient (Wildman–Crippen LogP) is 1.87. The van der Waals surface area contributed by atoms with Gasteiger partial charge in [-0.15, -0.1) is 0 Å². The van der Waals surface area contributed by atoms with Gasteiger partial charge >= 0.3 is 5.97 Å². The lowest BCUT2D eigenvalue weighted by Gasteiger charge is -2.15. The van der Waals surface area contributed by atoms with Gasteiger partial charge in [-0.25, -0.2) is 9.78 Å². The normalized spacial score (nSPS) is 16.3. The highest BCUT2D eigenvalue weighted by Gasteiger charge is 2.42. The van der Waals surface area contributed by atoms with Gasteiger partial charge in [-0.3, -0.25) is 0 Å². The van der Waals surface area contributed by atoms with Crippen molar-refractivity contribution in [3.05, 3.63) is 35.9 Å². The third-order valence-electron chi connectivity index (χ3n) is 3.51. The summed E-state index contributed by atoms with van der Waals surface area (Å²) in [6, 6.07) is 8.54. The summed E-state index contributed by atoms with van der Waals surface area (Å²) in [4.78, 5) is 15.5. The largest absolute Gasteiger partial charge is 0.478 e. The summed E-state index contributed by atoms with van der Waals surface area (Å²) in [5.74, 6) is -0.288. The zero-order valence-electron chi connectivity index (χ0n) is 10.3. The molecule has 1 aromatic carbocycles. The van der Waals surface area contributed by atoms with Crippen molar-refractivity contribution in [2.75, 3.05) is 11.9 Å². The van der Waals surface area contributed by atoms with Gasteiger partial charge in [0.2, 0.25) is 0 Å². The van der Waals surface area contributed by atoms with Gasteiger partial charge in [0.15, 0.2) is 0 Å². The van der Waals surface area contributed by atoms with E-state index < -0.39 is 5.97 Å². The number of aliphatic hydroxyl groups is 1. The number of hydrogen-bond acceptors (Lipinski definition) is 4. The van der Waals surface area contributed by atoms with Crippen molar-refractivity contribution in [3.63, 3.8) is 0 Å². The second-order valence-electron chi connectivity index (χ2n) is 4.94. The van der Waals surface area contributed by atoms with Crippen LogP contribution in [0.5, 0.6) is 0 Å². The van der Waals surface area contributed by atoms with E-state index in [1.807, 2.05) is 0 Å². The molecule has 0 unspecified atom stereocenters. The molecule has 3 rings (SSSR count). The number of carboxylic acids is 1. The number of aromatic carboxylic acids is 1. The number of rotatable bonds is 4.